The highest BCUT2D eigenvalue weighted by Gasteiger charge is 2.24. The molecule has 1 aromatic rings. The van der Waals surface area contributed by atoms with Crippen LogP contribution in [0.3, 0.4) is 0 Å². The van der Waals surface area contributed by atoms with E-state index in [1.54, 1.807) is 20.8 Å². The highest BCUT2D eigenvalue weighted by Crippen LogP contribution is 2.26. The molecule has 1 heterocycles. The van der Waals surface area contributed by atoms with E-state index in [1.165, 1.54) is 0 Å². The molecule has 0 fully saturated rings. The fourth-order valence-electron chi connectivity index (χ4n) is 0.881. The van der Waals surface area contributed by atoms with Crippen molar-refractivity contribution in [3.63, 3.8) is 0 Å². The highest BCUT2D eigenvalue weighted by molar-refractivity contribution is 7.94. The SMILES string of the molecule is [CH]c1nc(C)c(S(=O)(=O)C(C)C)s1. The third kappa shape index (κ3) is 1.91. The van der Waals surface area contributed by atoms with Crippen molar-refractivity contribution in [3.8, 4) is 0 Å². The molecule has 0 spiro atoms. The van der Waals surface area contributed by atoms with Gasteiger partial charge in [0.15, 0.2) is 9.84 Å². The molecule has 0 aliphatic rings. The largest absolute Gasteiger partial charge is 0.245 e. The van der Waals surface area contributed by atoms with Crippen LogP contribution < -0.4 is 0 Å². The summed E-state index contributed by atoms with van der Waals surface area (Å²) in [5, 5.41) is -0.122. The number of thiazole rings is 1. The fraction of sp³-hybridized carbons (Fsp3) is 0.500. The number of hydrogen-bond acceptors (Lipinski definition) is 4. The lowest BCUT2D eigenvalue weighted by Crippen LogP contribution is -2.13. The van der Waals surface area contributed by atoms with E-state index in [9.17, 15) is 8.42 Å². The molecule has 0 saturated carbocycles. The van der Waals surface area contributed by atoms with Crippen LogP contribution in [0.1, 0.15) is 24.5 Å². The molecule has 0 aromatic carbocycles. The Morgan fingerprint density at radius 3 is 2.31 bits per heavy atom. The first-order valence-corrected chi connectivity index (χ1v) is 6.18. The van der Waals surface area contributed by atoms with Crippen LogP contribution in [0.25, 0.3) is 0 Å². The lowest BCUT2D eigenvalue weighted by Gasteiger charge is -2.04. The monoisotopic (exact) mass is 217 g/mol. The van der Waals surface area contributed by atoms with Crippen molar-refractivity contribution < 1.29 is 8.42 Å². The van der Waals surface area contributed by atoms with Gasteiger partial charge in [-0.1, -0.05) is 0 Å². The molecule has 0 N–H and O–H groups in total. The van der Waals surface area contributed by atoms with Crippen molar-refractivity contribution in [2.45, 2.75) is 30.2 Å². The Bertz CT molecular complexity index is 404. The van der Waals surface area contributed by atoms with E-state index in [0.29, 0.717) is 14.9 Å². The summed E-state index contributed by atoms with van der Waals surface area (Å²) in [6.45, 7) is 10.4. The number of aromatic nitrogens is 1. The molecule has 3 nitrogen and oxygen atoms in total. The highest BCUT2D eigenvalue weighted by atomic mass is 32.2. The molecule has 0 unspecified atom stereocenters. The first kappa shape index (κ1) is 10.7. The minimum Gasteiger partial charge on any atom is -0.245 e. The van der Waals surface area contributed by atoms with E-state index < -0.39 is 15.1 Å². The maximum absolute atomic E-state index is 11.7. The maximum Gasteiger partial charge on any atom is 0.191 e. The number of hydrogen-bond donors (Lipinski definition) is 0. The van der Waals surface area contributed by atoms with E-state index in [4.69, 9.17) is 6.92 Å². The van der Waals surface area contributed by atoms with Crippen LogP contribution in [0.5, 0.6) is 0 Å². The molecule has 0 atom stereocenters. The Morgan fingerprint density at radius 2 is 2.00 bits per heavy atom. The summed E-state index contributed by atoms with van der Waals surface area (Å²) < 4.78 is 23.7. The topological polar surface area (TPSA) is 47.0 Å². The van der Waals surface area contributed by atoms with Crippen LogP contribution in [0.15, 0.2) is 4.21 Å². The van der Waals surface area contributed by atoms with Gasteiger partial charge in [0.05, 0.1) is 16.0 Å². The predicted octanol–water partition coefficient (Wildman–Crippen LogP) is 1.69. The van der Waals surface area contributed by atoms with E-state index in [0.717, 1.165) is 11.3 Å². The third-order valence-electron chi connectivity index (χ3n) is 1.65. The van der Waals surface area contributed by atoms with Crippen molar-refractivity contribution in [3.05, 3.63) is 17.6 Å². The van der Waals surface area contributed by atoms with Crippen LogP contribution in [-0.2, 0) is 9.84 Å². The summed E-state index contributed by atoms with van der Waals surface area (Å²) in [4.78, 5) is 3.88. The lowest BCUT2D eigenvalue weighted by molar-refractivity contribution is 0.588. The van der Waals surface area contributed by atoms with Gasteiger partial charge in [-0.15, -0.1) is 11.3 Å². The summed E-state index contributed by atoms with van der Waals surface area (Å²) in [5.41, 5.74) is 0.496. The fourth-order valence-corrected chi connectivity index (χ4v) is 3.63. The predicted molar refractivity (Wildman–Crippen MR) is 52.6 cm³/mol. The third-order valence-corrected chi connectivity index (χ3v) is 5.43. The molecule has 1 rings (SSSR count). The zero-order chi connectivity index (χ0) is 10.2. The Hall–Kier alpha value is -0.420. The number of aryl methyl sites for hydroxylation is 1. The zero-order valence-corrected chi connectivity index (χ0v) is 9.37. The van der Waals surface area contributed by atoms with Gasteiger partial charge in [-0.2, -0.15) is 0 Å². The quantitative estimate of drug-likeness (QED) is 0.757. The van der Waals surface area contributed by atoms with Crippen LogP contribution in [0.4, 0.5) is 0 Å². The summed E-state index contributed by atoms with van der Waals surface area (Å²) >= 11 is 1.03. The van der Waals surface area contributed by atoms with Crippen molar-refractivity contribution >= 4 is 21.2 Å². The van der Waals surface area contributed by atoms with E-state index >= 15 is 0 Å². The summed E-state index contributed by atoms with van der Waals surface area (Å²) in [6, 6.07) is 0. The van der Waals surface area contributed by atoms with Gasteiger partial charge in [0.25, 0.3) is 0 Å². The van der Waals surface area contributed by atoms with Gasteiger partial charge in [-0.3, -0.25) is 0 Å². The molecule has 13 heavy (non-hydrogen) atoms. The molecule has 5 heteroatoms. The van der Waals surface area contributed by atoms with E-state index in [1.807, 2.05) is 0 Å². The van der Waals surface area contributed by atoms with E-state index in [-0.39, 0.29) is 0 Å². The molecule has 0 aliphatic heterocycles. The number of nitrogens with zero attached hydrogens (tertiary/aromatic N) is 1. The Balaban J connectivity index is 3.31. The molecular formula is C8H11NO2S2. The molecule has 1 aromatic heterocycles. The van der Waals surface area contributed by atoms with Gasteiger partial charge in [-0.25, -0.2) is 13.4 Å². The minimum absolute atomic E-state index is 0.292. The molecule has 0 saturated heterocycles. The second kappa shape index (κ2) is 3.38. The van der Waals surface area contributed by atoms with Crippen molar-refractivity contribution in [2.75, 3.05) is 0 Å². The van der Waals surface area contributed by atoms with Crippen LogP contribution in [0, 0.1) is 13.8 Å². The smallest absolute Gasteiger partial charge is 0.191 e. The average molecular weight is 217 g/mol. The summed E-state index contributed by atoms with van der Waals surface area (Å²) in [5.74, 6) is 0. The molecule has 0 aliphatic carbocycles. The van der Waals surface area contributed by atoms with Gasteiger partial charge in [0.1, 0.15) is 4.21 Å². The van der Waals surface area contributed by atoms with Gasteiger partial charge >= 0.3 is 0 Å². The van der Waals surface area contributed by atoms with Crippen LogP contribution in [-0.4, -0.2) is 18.7 Å². The summed E-state index contributed by atoms with van der Waals surface area (Å²) in [7, 11) is -3.21. The standard InChI is InChI=1S/C8H11NO2S2/c1-5(2)13(10,11)8-6(3)9-7(4)12-8/h4-5H,1-3H3. The second-order valence-electron chi connectivity index (χ2n) is 3.02. The number of rotatable bonds is 2. The first-order chi connectivity index (χ1) is 5.85. The molecule has 72 valence electrons. The van der Waals surface area contributed by atoms with E-state index in [2.05, 4.69) is 4.98 Å². The van der Waals surface area contributed by atoms with Crippen LogP contribution >= 0.6 is 11.3 Å². The normalized spacial score (nSPS) is 12.4. The van der Waals surface area contributed by atoms with Gasteiger partial charge < -0.3 is 0 Å². The van der Waals surface area contributed by atoms with Crippen LogP contribution in [0.2, 0.25) is 0 Å². The summed E-state index contributed by atoms with van der Waals surface area (Å²) in [6.07, 6.45) is 0. The Morgan fingerprint density at radius 1 is 1.46 bits per heavy atom. The molecule has 2 radical (unpaired) electrons. The second-order valence-corrected chi connectivity index (χ2v) is 6.75. The van der Waals surface area contributed by atoms with Crippen molar-refractivity contribution in [1.82, 2.24) is 4.98 Å². The van der Waals surface area contributed by atoms with Gasteiger partial charge in [-0.05, 0) is 20.8 Å². The van der Waals surface area contributed by atoms with Crippen molar-refractivity contribution in [2.24, 2.45) is 0 Å². The molecular weight excluding hydrogens is 206 g/mol. The Kier molecular flexibility index (Phi) is 2.77. The molecule has 0 bridgehead atoms. The minimum atomic E-state index is -3.21. The Labute approximate surface area is 82.7 Å². The zero-order valence-electron chi connectivity index (χ0n) is 7.73. The average Bonchev–Trinajstić information content (AvgIpc) is 2.30. The molecule has 0 amide bonds. The number of sulfone groups is 1. The van der Waals surface area contributed by atoms with Gasteiger partial charge in [0, 0.05) is 6.92 Å². The lowest BCUT2D eigenvalue weighted by atomic mass is 10.6. The van der Waals surface area contributed by atoms with Gasteiger partial charge in [0.2, 0.25) is 0 Å². The van der Waals surface area contributed by atoms with Crippen molar-refractivity contribution in [1.29, 1.82) is 0 Å². The first-order valence-electron chi connectivity index (χ1n) is 3.82. The maximum atomic E-state index is 11.7.